The Hall–Kier alpha value is 0.230. The Morgan fingerprint density at radius 3 is 2.70 bits per heavy atom. The molecule has 0 saturated carbocycles. The number of thioether (sulfide) groups is 1. The molecule has 0 aromatic rings. The Kier molecular flexibility index (Phi) is 9.44. The molecule has 0 atom stereocenters. The summed E-state index contributed by atoms with van der Waals surface area (Å²) in [5, 5.41) is 11.6. The van der Waals surface area contributed by atoms with Crippen LogP contribution in [0.4, 0.5) is 0 Å². The Morgan fingerprint density at radius 2 is 2.10 bits per heavy atom. The van der Waals surface area contributed by atoms with E-state index in [9.17, 15) is 0 Å². The summed E-state index contributed by atoms with van der Waals surface area (Å²) >= 11 is 1.75. The molecule has 0 rings (SSSR count). The molecule has 0 heterocycles. The van der Waals surface area contributed by atoms with Gasteiger partial charge >= 0.3 is 0 Å². The molecule has 0 fully saturated rings. The third-order valence-electron chi connectivity index (χ3n) is 0.980. The molecule has 0 aromatic heterocycles. The second-order valence-corrected chi connectivity index (χ2v) is 3.10. The molecule has 0 aliphatic heterocycles. The topological polar surface area (TPSA) is 58.3 Å². The predicted octanol–water partition coefficient (Wildman–Crippen LogP) is -0.740. The van der Waals surface area contributed by atoms with E-state index in [2.05, 4.69) is 5.32 Å². The molecule has 0 amide bonds. The van der Waals surface area contributed by atoms with Crippen LogP contribution in [0.3, 0.4) is 0 Å². The van der Waals surface area contributed by atoms with E-state index >= 15 is 0 Å². The molecule has 0 spiro atoms. The highest BCUT2D eigenvalue weighted by molar-refractivity contribution is 7.99. The van der Waals surface area contributed by atoms with Gasteiger partial charge in [0.05, 0.1) is 6.61 Å². The van der Waals surface area contributed by atoms with Gasteiger partial charge in [0.1, 0.15) is 0 Å². The molecule has 0 aromatic carbocycles. The van der Waals surface area contributed by atoms with E-state index in [0.717, 1.165) is 24.6 Å². The fourth-order valence-corrected chi connectivity index (χ4v) is 1.16. The van der Waals surface area contributed by atoms with Crippen molar-refractivity contribution in [3.8, 4) is 0 Å². The van der Waals surface area contributed by atoms with Crippen molar-refractivity contribution in [2.24, 2.45) is 5.73 Å². The number of rotatable bonds is 7. The average molecular weight is 164 g/mol. The first kappa shape index (κ1) is 10.2. The van der Waals surface area contributed by atoms with Crippen molar-refractivity contribution in [2.45, 2.75) is 0 Å². The summed E-state index contributed by atoms with van der Waals surface area (Å²) in [6.45, 7) is 2.85. The summed E-state index contributed by atoms with van der Waals surface area (Å²) < 4.78 is 0. The van der Waals surface area contributed by atoms with Crippen LogP contribution in [0.25, 0.3) is 0 Å². The second kappa shape index (κ2) is 9.23. The second-order valence-electron chi connectivity index (χ2n) is 1.87. The molecular weight excluding hydrogens is 148 g/mol. The molecule has 0 saturated heterocycles. The first-order valence-electron chi connectivity index (χ1n) is 3.51. The van der Waals surface area contributed by atoms with Gasteiger partial charge in [0.15, 0.2) is 0 Å². The zero-order chi connectivity index (χ0) is 7.66. The molecular formula is C6H16N2OS. The smallest absolute Gasteiger partial charge is 0.0521 e. The van der Waals surface area contributed by atoms with Crippen molar-refractivity contribution in [3.05, 3.63) is 0 Å². The molecule has 0 aliphatic rings. The lowest BCUT2D eigenvalue weighted by Crippen LogP contribution is -2.24. The van der Waals surface area contributed by atoms with Gasteiger partial charge in [-0.15, -0.1) is 0 Å². The third-order valence-corrected chi connectivity index (χ3v) is 1.94. The molecule has 10 heavy (non-hydrogen) atoms. The van der Waals surface area contributed by atoms with Crippen LogP contribution < -0.4 is 11.1 Å². The van der Waals surface area contributed by atoms with E-state index in [1.807, 2.05) is 0 Å². The zero-order valence-corrected chi connectivity index (χ0v) is 6.99. The van der Waals surface area contributed by atoms with Crippen molar-refractivity contribution in [2.75, 3.05) is 37.7 Å². The highest BCUT2D eigenvalue weighted by Crippen LogP contribution is 1.94. The van der Waals surface area contributed by atoms with Gasteiger partial charge in [-0.25, -0.2) is 0 Å². The number of hydrogen-bond acceptors (Lipinski definition) is 4. The van der Waals surface area contributed by atoms with Crippen LogP contribution in [0.2, 0.25) is 0 Å². The van der Waals surface area contributed by atoms with Crippen molar-refractivity contribution >= 4 is 11.8 Å². The lowest BCUT2D eigenvalue weighted by Gasteiger charge is -2.00. The minimum Gasteiger partial charge on any atom is -0.396 e. The van der Waals surface area contributed by atoms with Gasteiger partial charge in [0.25, 0.3) is 0 Å². The predicted molar refractivity (Wildman–Crippen MR) is 46.3 cm³/mol. The minimum absolute atomic E-state index is 0.279. The lowest BCUT2D eigenvalue weighted by molar-refractivity contribution is 0.322. The van der Waals surface area contributed by atoms with E-state index in [1.165, 1.54) is 0 Å². The number of nitrogens with two attached hydrogens (primary N) is 1. The van der Waals surface area contributed by atoms with Crippen LogP contribution in [0, 0.1) is 0 Å². The van der Waals surface area contributed by atoms with E-state index in [4.69, 9.17) is 10.8 Å². The maximum absolute atomic E-state index is 8.41. The number of aliphatic hydroxyl groups excluding tert-OH is 1. The summed E-state index contributed by atoms with van der Waals surface area (Å²) in [5.41, 5.74) is 5.26. The van der Waals surface area contributed by atoms with E-state index in [1.54, 1.807) is 11.8 Å². The monoisotopic (exact) mass is 164 g/mol. The first-order valence-corrected chi connectivity index (χ1v) is 4.66. The van der Waals surface area contributed by atoms with Gasteiger partial charge in [-0.05, 0) is 0 Å². The van der Waals surface area contributed by atoms with Crippen molar-refractivity contribution < 1.29 is 5.11 Å². The highest BCUT2D eigenvalue weighted by atomic mass is 32.2. The summed E-state index contributed by atoms with van der Waals surface area (Å²) in [5.74, 6) is 1.89. The zero-order valence-electron chi connectivity index (χ0n) is 6.18. The van der Waals surface area contributed by atoms with E-state index in [0.29, 0.717) is 6.54 Å². The van der Waals surface area contributed by atoms with Crippen LogP contribution in [0.15, 0.2) is 0 Å². The van der Waals surface area contributed by atoms with Crippen LogP contribution >= 0.6 is 11.8 Å². The maximum atomic E-state index is 8.41. The molecule has 0 unspecified atom stereocenters. The van der Waals surface area contributed by atoms with E-state index < -0.39 is 0 Å². The van der Waals surface area contributed by atoms with Gasteiger partial charge in [-0.1, -0.05) is 0 Å². The van der Waals surface area contributed by atoms with Crippen molar-refractivity contribution in [3.63, 3.8) is 0 Å². The quantitative estimate of drug-likeness (QED) is 0.434. The molecule has 62 valence electrons. The van der Waals surface area contributed by atoms with Crippen LogP contribution in [0.1, 0.15) is 0 Å². The van der Waals surface area contributed by atoms with Crippen molar-refractivity contribution in [1.82, 2.24) is 5.32 Å². The number of aliphatic hydroxyl groups is 1. The Balaban J connectivity index is 2.65. The minimum atomic E-state index is 0.279. The summed E-state index contributed by atoms with van der Waals surface area (Å²) in [6.07, 6.45) is 0. The molecule has 0 bridgehead atoms. The van der Waals surface area contributed by atoms with Gasteiger partial charge in [0, 0.05) is 31.1 Å². The molecule has 4 N–H and O–H groups in total. The van der Waals surface area contributed by atoms with Crippen LogP contribution in [-0.2, 0) is 0 Å². The largest absolute Gasteiger partial charge is 0.396 e. The van der Waals surface area contributed by atoms with Gasteiger partial charge in [0.2, 0.25) is 0 Å². The maximum Gasteiger partial charge on any atom is 0.0521 e. The third kappa shape index (κ3) is 8.23. The van der Waals surface area contributed by atoms with Gasteiger partial charge in [-0.3, -0.25) is 0 Å². The summed E-state index contributed by atoms with van der Waals surface area (Å²) in [4.78, 5) is 0. The standard InChI is InChI=1S/C6H16N2OS/c7-1-2-8-3-5-10-6-4-9/h8-9H,1-7H2. The first-order chi connectivity index (χ1) is 4.91. The number of hydrogen-bond donors (Lipinski definition) is 3. The average Bonchev–Trinajstić information content (AvgIpc) is 1.97. The fourth-order valence-electron chi connectivity index (χ4n) is 0.538. The Bertz CT molecular complexity index is 55.7. The summed E-state index contributed by atoms with van der Waals surface area (Å²) in [6, 6.07) is 0. The Labute approximate surface area is 66.4 Å². The molecule has 3 nitrogen and oxygen atoms in total. The SMILES string of the molecule is NCCNCCSCCO. The normalized spacial score (nSPS) is 10.2. The van der Waals surface area contributed by atoms with Crippen LogP contribution in [-0.4, -0.2) is 42.9 Å². The Morgan fingerprint density at radius 1 is 1.30 bits per heavy atom. The fraction of sp³-hybridized carbons (Fsp3) is 1.00. The van der Waals surface area contributed by atoms with Gasteiger partial charge in [-0.2, -0.15) is 11.8 Å². The lowest BCUT2D eigenvalue weighted by atomic mass is 10.6. The molecule has 0 radical (unpaired) electrons. The molecule has 0 aliphatic carbocycles. The van der Waals surface area contributed by atoms with Gasteiger partial charge < -0.3 is 16.2 Å². The molecule has 4 heteroatoms. The highest BCUT2D eigenvalue weighted by Gasteiger charge is 1.86. The number of nitrogens with one attached hydrogen (secondary N) is 1. The summed E-state index contributed by atoms with van der Waals surface area (Å²) in [7, 11) is 0. The van der Waals surface area contributed by atoms with Crippen LogP contribution in [0.5, 0.6) is 0 Å². The van der Waals surface area contributed by atoms with E-state index in [-0.39, 0.29) is 6.61 Å². The van der Waals surface area contributed by atoms with Crippen molar-refractivity contribution in [1.29, 1.82) is 0 Å².